The Labute approximate surface area is 373 Å². The van der Waals surface area contributed by atoms with E-state index in [1.165, 1.54) is 12.1 Å². The Morgan fingerprint density at radius 1 is 0.531 bits per heavy atom. The number of hydrogen-bond donors (Lipinski definition) is 6. The van der Waals surface area contributed by atoms with Crippen LogP contribution in [0.5, 0.6) is 0 Å². The number of carbonyl (C=O) groups is 2. The van der Waals surface area contributed by atoms with Gasteiger partial charge in [-0.3, -0.25) is 30.2 Å². The monoisotopic (exact) mass is 858 g/mol. The third kappa shape index (κ3) is 10.9. The second-order valence-electron chi connectivity index (χ2n) is 16.4. The van der Waals surface area contributed by atoms with E-state index < -0.39 is 12.1 Å². The van der Waals surface area contributed by atoms with Gasteiger partial charge in [0.25, 0.3) is 11.1 Å². The Morgan fingerprint density at radius 2 is 0.891 bits per heavy atom. The Kier molecular flexibility index (Phi) is 15.0. The topological polar surface area (TPSA) is 174 Å². The molecule has 7 rings (SSSR count). The number of anilines is 2. The van der Waals surface area contributed by atoms with Gasteiger partial charge in [0.15, 0.2) is 0 Å². The zero-order valence-corrected chi connectivity index (χ0v) is 37.1. The third-order valence-corrected chi connectivity index (χ3v) is 11.9. The molecule has 2 heterocycles. The minimum atomic E-state index is -0.455. The van der Waals surface area contributed by atoms with Gasteiger partial charge in [-0.1, -0.05) is 150 Å². The zero-order chi connectivity index (χ0) is 45.0. The van der Waals surface area contributed by atoms with Gasteiger partial charge in [0, 0.05) is 37.1 Å². The molecule has 330 valence electrons. The van der Waals surface area contributed by atoms with Crippen LogP contribution in [0.25, 0.3) is 43.8 Å². The maximum absolute atomic E-state index is 12.9. The molecule has 0 bridgehead atoms. The van der Waals surface area contributed by atoms with E-state index in [0.29, 0.717) is 11.4 Å². The lowest BCUT2D eigenvalue weighted by Gasteiger charge is -2.18. The lowest BCUT2D eigenvalue weighted by molar-refractivity contribution is 0.250. The Balaban J connectivity index is 1.05. The number of H-pyrrole nitrogens is 2. The van der Waals surface area contributed by atoms with Gasteiger partial charge in [-0.2, -0.15) is 0 Å². The lowest BCUT2D eigenvalue weighted by Crippen LogP contribution is -2.30. The number of rotatable bonds is 18. The van der Waals surface area contributed by atoms with Crippen molar-refractivity contribution in [1.82, 2.24) is 30.6 Å². The number of benzene rings is 5. The first-order chi connectivity index (χ1) is 31.2. The molecular weight excluding hydrogens is 801 g/mol. The van der Waals surface area contributed by atoms with Crippen LogP contribution in [0.4, 0.5) is 21.5 Å². The van der Waals surface area contributed by atoms with Crippen LogP contribution < -0.4 is 32.4 Å². The van der Waals surface area contributed by atoms with Crippen molar-refractivity contribution >= 4 is 45.5 Å². The molecule has 0 saturated heterocycles. The Bertz CT molecular complexity index is 2580. The van der Waals surface area contributed by atoms with Gasteiger partial charge in [-0.15, -0.1) is 0 Å². The maximum Gasteiger partial charge on any atom is 0.321 e. The van der Waals surface area contributed by atoms with E-state index in [-0.39, 0.29) is 47.9 Å². The molecule has 5 aromatic carbocycles. The summed E-state index contributed by atoms with van der Waals surface area (Å²) >= 11 is 0. The van der Waals surface area contributed by atoms with Crippen LogP contribution in [0.2, 0.25) is 0 Å². The first-order valence-electron chi connectivity index (χ1n) is 22.6. The average molecular weight is 859 g/mol. The second kappa shape index (κ2) is 21.3. The molecule has 64 heavy (non-hydrogen) atoms. The van der Waals surface area contributed by atoms with Crippen LogP contribution >= 0.6 is 0 Å². The van der Waals surface area contributed by atoms with Crippen molar-refractivity contribution in [3.8, 4) is 22.3 Å². The Hall–Kier alpha value is -7.08. The fourth-order valence-corrected chi connectivity index (χ4v) is 8.51. The number of nitrogens with one attached hydrogen (secondary N) is 6. The summed E-state index contributed by atoms with van der Waals surface area (Å²) in [5.74, 6) is 0.600. The molecule has 0 aliphatic heterocycles. The van der Waals surface area contributed by atoms with Gasteiger partial charge in [0.1, 0.15) is 0 Å². The van der Waals surface area contributed by atoms with Gasteiger partial charge in [-0.05, 0) is 80.6 Å². The highest BCUT2D eigenvalue weighted by Gasteiger charge is 2.18. The van der Waals surface area contributed by atoms with E-state index in [2.05, 4.69) is 142 Å². The van der Waals surface area contributed by atoms with Gasteiger partial charge < -0.3 is 10.6 Å². The third-order valence-electron chi connectivity index (χ3n) is 11.9. The quantitative estimate of drug-likeness (QED) is 0.0468. The molecule has 0 spiro atoms. The molecule has 4 amide bonds. The molecule has 0 aliphatic rings. The molecule has 2 unspecified atom stereocenters. The Morgan fingerprint density at radius 3 is 1.22 bits per heavy atom. The highest BCUT2D eigenvalue weighted by molar-refractivity contribution is 6.21. The minimum Gasteiger partial charge on any atom is -0.334 e. The smallest absolute Gasteiger partial charge is 0.321 e. The normalized spacial score (nSPS) is 12.2. The number of carbonyl (C=O) groups excluding carboxylic acids is 2. The number of unbranched alkanes of at least 4 members (excludes halogenated alkanes) is 2. The average Bonchev–Trinajstić information content (AvgIpc) is 3.30. The predicted octanol–water partition coefficient (Wildman–Crippen LogP) is 11.5. The fourth-order valence-electron chi connectivity index (χ4n) is 8.51. The van der Waals surface area contributed by atoms with Gasteiger partial charge in [0.05, 0.1) is 11.4 Å². The summed E-state index contributed by atoms with van der Waals surface area (Å²) in [6, 6.07) is 35.4. The van der Waals surface area contributed by atoms with Crippen molar-refractivity contribution in [3.05, 3.63) is 152 Å². The first-order valence-corrected chi connectivity index (χ1v) is 22.6. The number of hydrogen-bond acceptors (Lipinski definition) is 6. The van der Waals surface area contributed by atoms with Crippen LogP contribution in [0.1, 0.15) is 113 Å². The molecule has 0 saturated carbocycles. The number of fused-ring (bicyclic) bond motifs is 2. The van der Waals surface area contributed by atoms with Gasteiger partial charge >= 0.3 is 12.1 Å². The second-order valence-corrected chi connectivity index (χ2v) is 16.4. The summed E-state index contributed by atoms with van der Waals surface area (Å²) in [6.45, 7) is 9.02. The molecule has 12 nitrogen and oxygen atoms in total. The zero-order valence-electron chi connectivity index (χ0n) is 37.1. The fraction of sp³-hybridized carbons (Fsp3) is 0.308. The SMILES string of the molecule is CCCCC(CC)c1cc(=O)[nH]c(NC(=O)NCc2ccc(-c3c4ccccc4c(-c4ccc(CNC(=O)Nc5nc(C(CC)CCCC)cc(=O)[nH]5)cc4)c4ccccc34)cc2)n1. The number of aromatic nitrogens is 4. The molecule has 6 N–H and O–H groups in total. The molecule has 2 aromatic heterocycles. The van der Waals surface area contributed by atoms with E-state index >= 15 is 0 Å². The molecular formula is C52H58N8O4. The van der Waals surface area contributed by atoms with Crippen LogP contribution in [-0.4, -0.2) is 32.0 Å². The summed E-state index contributed by atoms with van der Waals surface area (Å²) in [4.78, 5) is 65.2. The largest absolute Gasteiger partial charge is 0.334 e. The van der Waals surface area contributed by atoms with Crippen LogP contribution in [0, 0.1) is 0 Å². The summed E-state index contributed by atoms with van der Waals surface area (Å²) in [5.41, 5.74) is 6.98. The lowest BCUT2D eigenvalue weighted by atomic mass is 9.85. The van der Waals surface area contributed by atoms with E-state index in [9.17, 15) is 19.2 Å². The van der Waals surface area contributed by atoms with Crippen molar-refractivity contribution < 1.29 is 9.59 Å². The summed E-state index contributed by atoms with van der Waals surface area (Å²) in [7, 11) is 0. The van der Waals surface area contributed by atoms with Crippen molar-refractivity contribution in [3.63, 3.8) is 0 Å². The first kappa shape index (κ1) is 45.0. The van der Waals surface area contributed by atoms with Gasteiger partial charge in [-0.25, -0.2) is 19.6 Å². The molecule has 12 heteroatoms. The predicted molar refractivity (Wildman–Crippen MR) is 259 cm³/mol. The maximum atomic E-state index is 12.9. The summed E-state index contributed by atoms with van der Waals surface area (Å²) in [5, 5.41) is 15.7. The van der Waals surface area contributed by atoms with Crippen LogP contribution in [-0.2, 0) is 13.1 Å². The number of aromatic amines is 2. The van der Waals surface area contributed by atoms with Gasteiger partial charge in [0.2, 0.25) is 11.9 Å². The van der Waals surface area contributed by atoms with Crippen molar-refractivity contribution in [1.29, 1.82) is 0 Å². The van der Waals surface area contributed by atoms with Crippen LogP contribution in [0.15, 0.2) is 119 Å². The van der Waals surface area contributed by atoms with E-state index in [0.717, 1.165) is 106 Å². The van der Waals surface area contributed by atoms with Crippen molar-refractivity contribution in [2.24, 2.45) is 0 Å². The van der Waals surface area contributed by atoms with Crippen LogP contribution in [0.3, 0.4) is 0 Å². The van der Waals surface area contributed by atoms with E-state index in [4.69, 9.17) is 0 Å². The summed E-state index contributed by atoms with van der Waals surface area (Å²) < 4.78 is 0. The molecule has 0 aliphatic carbocycles. The molecule has 0 radical (unpaired) electrons. The standard InChI is InChI=1S/C52H58N8O4/c1-5-9-15-35(7-3)43-29-45(61)57-49(55-43)59-51(63)53-31-33-21-25-37(26-22-33)47-39-17-11-13-19-41(39)48(42-20-14-12-18-40(42)47)38-27-23-34(24-28-38)32-54-52(64)60-50-56-44(30-46(62)58-50)36(8-4)16-10-6-2/h11-14,17-30,35-36H,5-10,15-16,31-32H2,1-4H3,(H3,53,55,57,59,61,63)(H3,54,56,58,60,62,64). The number of urea groups is 2. The van der Waals surface area contributed by atoms with Crippen molar-refractivity contribution in [2.75, 3.05) is 10.6 Å². The van der Waals surface area contributed by atoms with E-state index in [1.807, 2.05) is 24.3 Å². The highest BCUT2D eigenvalue weighted by atomic mass is 16.2. The highest BCUT2D eigenvalue weighted by Crippen LogP contribution is 2.43. The molecule has 2 atom stereocenters. The van der Waals surface area contributed by atoms with E-state index in [1.54, 1.807) is 0 Å². The molecule has 7 aromatic rings. The minimum absolute atomic E-state index is 0.138. The molecule has 0 fully saturated rings. The number of nitrogens with zero attached hydrogens (tertiary/aromatic N) is 2. The summed E-state index contributed by atoms with van der Waals surface area (Å²) in [6.07, 6.45) is 7.84. The van der Waals surface area contributed by atoms with Crippen molar-refractivity contribution in [2.45, 2.75) is 104 Å². The number of amides is 4.